The molecule has 0 saturated carbocycles. The third-order valence-electron chi connectivity index (χ3n) is 11.2. The van der Waals surface area contributed by atoms with Crippen LogP contribution in [-0.2, 0) is 59.1 Å². The molecule has 2 aliphatic heterocycles. The number of aliphatic hydroxyl groups is 2. The van der Waals surface area contributed by atoms with Crippen LogP contribution in [0.4, 0.5) is 0 Å². The second-order valence-electron chi connectivity index (χ2n) is 17.0. The number of fused-ring (bicyclic) bond motifs is 1. The fourth-order valence-corrected chi connectivity index (χ4v) is 7.39. The third kappa shape index (κ3) is 15.1. The van der Waals surface area contributed by atoms with Crippen LogP contribution < -0.4 is 43.4 Å². The zero-order valence-electron chi connectivity index (χ0n) is 38.2. The molecule has 2 unspecified atom stereocenters. The highest BCUT2D eigenvalue weighted by Gasteiger charge is 2.45. The van der Waals surface area contributed by atoms with Crippen molar-refractivity contribution in [1.29, 1.82) is 0 Å². The molecule has 23 nitrogen and oxygen atoms in total. The zero-order chi connectivity index (χ0) is 49.6. The molecule has 2 heterocycles. The van der Waals surface area contributed by atoms with E-state index < -0.39 is 132 Å². The molecule has 0 aliphatic carbocycles. The quantitative estimate of drug-likeness (QED) is 0.0946. The van der Waals surface area contributed by atoms with E-state index in [2.05, 4.69) is 31.9 Å². The number of rotatable bonds is 11. The van der Waals surface area contributed by atoms with Crippen molar-refractivity contribution < 1.29 is 62.9 Å². The number of primary amides is 2. The number of likely N-dealkylation sites (N-methyl/N-ethyl adjacent to an activating group) is 1. The summed E-state index contributed by atoms with van der Waals surface area (Å²) in [5, 5.41) is 36.6. The predicted molar refractivity (Wildman–Crippen MR) is 234 cm³/mol. The maximum Gasteiger partial charge on any atom is 0.270 e. The number of carbonyl (C=O) groups is 10. The first-order valence-electron chi connectivity index (χ1n) is 21.5. The van der Waals surface area contributed by atoms with Crippen LogP contribution >= 0.6 is 0 Å². The van der Waals surface area contributed by atoms with Gasteiger partial charge in [0.2, 0.25) is 47.3 Å². The average molecular weight is 929 g/mol. The zero-order valence-corrected chi connectivity index (χ0v) is 38.2. The van der Waals surface area contributed by atoms with Crippen LogP contribution in [0.5, 0.6) is 0 Å². The highest BCUT2D eigenvalue weighted by Crippen LogP contribution is 2.25. The summed E-state index contributed by atoms with van der Waals surface area (Å²) in [6.07, 6.45) is -4.82. The molecule has 2 saturated heterocycles. The van der Waals surface area contributed by atoms with Crippen molar-refractivity contribution in [3.63, 3.8) is 0 Å². The maximum atomic E-state index is 14.4. The van der Waals surface area contributed by atoms with Crippen molar-refractivity contribution in [2.75, 3.05) is 27.2 Å². The predicted octanol–water partition coefficient (Wildman–Crippen LogP) is -4.06. The molecule has 10 amide bonds. The molecule has 0 bridgehead atoms. The number of benzene rings is 1. The van der Waals surface area contributed by atoms with Crippen LogP contribution in [0.2, 0.25) is 0 Å². The molecular formula is C43H64N10O13. The Morgan fingerprint density at radius 2 is 1.48 bits per heavy atom. The van der Waals surface area contributed by atoms with Crippen molar-refractivity contribution in [3.8, 4) is 0 Å². The highest BCUT2D eigenvalue weighted by molar-refractivity contribution is 6.02. The number of nitrogens with one attached hydrogen (secondary N) is 6. The molecule has 23 heteroatoms. The Morgan fingerprint density at radius 3 is 2.06 bits per heavy atom. The van der Waals surface area contributed by atoms with Gasteiger partial charge in [-0.1, -0.05) is 57.2 Å². The molecule has 2 aliphatic rings. The second-order valence-corrected chi connectivity index (χ2v) is 17.0. The summed E-state index contributed by atoms with van der Waals surface area (Å²) in [7, 11) is 2.37. The van der Waals surface area contributed by atoms with Gasteiger partial charge >= 0.3 is 0 Å². The van der Waals surface area contributed by atoms with Crippen LogP contribution in [0.1, 0.15) is 65.9 Å². The van der Waals surface area contributed by atoms with Crippen molar-refractivity contribution in [2.24, 2.45) is 23.3 Å². The Labute approximate surface area is 382 Å². The molecular weight excluding hydrogens is 865 g/mol. The lowest BCUT2D eigenvalue weighted by atomic mass is 9.98. The molecule has 10 atom stereocenters. The molecule has 3 rings (SSSR count). The Bertz CT molecular complexity index is 2000. The molecule has 66 heavy (non-hydrogen) atoms. The van der Waals surface area contributed by atoms with E-state index in [4.69, 9.17) is 16.2 Å². The van der Waals surface area contributed by atoms with Gasteiger partial charge in [-0.15, -0.1) is 0 Å². The Balaban J connectivity index is 2.20. The number of carbonyl (C=O) groups excluding carboxylic acids is 10. The molecule has 0 radical (unpaired) electrons. The summed E-state index contributed by atoms with van der Waals surface area (Å²) in [6.45, 7) is 7.36. The van der Waals surface area contributed by atoms with E-state index >= 15 is 0 Å². The Kier molecular flexibility index (Phi) is 20.2. The summed E-state index contributed by atoms with van der Waals surface area (Å²) in [5.74, 6) is -10.9. The third-order valence-corrected chi connectivity index (χ3v) is 11.2. The summed E-state index contributed by atoms with van der Waals surface area (Å²) >= 11 is 0. The van der Waals surface area contributed by atoms with Crippen molar-refractivity contribution in [3.05, 3.63) is 47.7 Å². The van der Waals surface area contributed by atoms with Gasteiger partial charge in [0, 0.05) is 27.1 Å². The van der Waals surface area contributed by atoms with Crippen molar-refractivity contribution in [2.45, 2.75) is 121 Å². The summed E-state index contributed by atoms with van der Waals surface area (Å²) in [6, 6.07) is -1.04. The van der Waals surface area contributed by atoms with Gasteiger partial charge in [-0.2, -0.15) is 0 Å². The summed E-state index contributed by atoms with van der Waals surface area (Å²) < 4.78 is 5.40. The van der Waals surface area contributed by atoms with Crippen LogP contribution in [0.25, 0.3) is 0 Å². The van der Waals surface area contributed by atoms with Gasteiger partial charge in [-0.25, -0.2) is 0 Å². The molecule has 1 aromatic carbocycles. The van der Waals surface area contributed by atoms with Crippen molar-refractivity contribution >= 4 is 59.1 Å². The minimum atomic E-state index is -2.36. The van der Waals surface area contributed by atoms with Crippen molar-refractivity contribution in [1.82, 2.24) is 41.7 Å². The number of aliphatic hydroxyl groups excluding tert-OH is 2. The average Bonchev–Trinajstić information content (AvgIpc) is 3.67. The van der Waals surface area contributed by atoms with E-state index in [1.54, 1.807) is 37.3 Å². The minimum Gasteiger partial charge on any atom is -0.381 e. The Morgan fingerprint density at radius 1 is 0.864 bits per heavy atom. The first kappa shape index (κ1) is 53.9. The maximum absolute atomic E-state index is 14.4. The van der Waals surface area contributed by atoms with Gasteiger partial charge in [0.05, 0.1) is 25.1 Å². The fraction of sp³-hybridized carbons (Fsp3) is 0.581. The lowest BCUT2D eigenvalue weighted by Gasteiger charge is -2.33. The smallest absolute Gasteiger partial charge is 0.270 e. The topological polar surface area (TPSA) is 351 Å². The molecule has 364 valence electrons. The number of allylic oxidation sites excluding steroid dienone is 1. The lowest BCUT2D eigenvalue weighted by Crippen LogP contribution is -2.64. The first-order chi connectivity index (χ1) is 31.0. The first-order valence-corrected chi connectivity index (χ1v) is 21.5. The van der Waals surface area contributed by atoms with Gasteiger partial charge in [0.25, 0.3) is 11.8 Å². The van der Waals surface area contributed by atoms with E-state index in [9.17, 15) is 58.2 Å². The second kappa shape index (κ2) is 24.7. The molecule has 0 aromatic heterocycles. The SMILES string of the molecule is C/C=C1/NC(=O)C(O)C(CCC(C)C)NC(=O)[C@H](CC(N)=O)NC(=O)[C@H](Cc2ccccc2)NC(=O)[C@@H]2C[C@H](C)CN2C(=O)[C@H]([C@@H](C)OC)NC(=O)[C@@H]([C@H](O)C(N)=O)NC(=O)CN(C)C1=O. The number of amides is 10. The van der Waals surface area contributed by atoms with Gasteiger partial charge in [0.1, 0.15) is 35.9 Å². The molecule has 1 aromatic rings. The largest absolute Gasteiger partial charge is 0.381 e. The number of ether oxygens (including phenoxy) is 1. The minimum absolute atomic E-state index is 0.00154. The monoisotopic (exact) mass is 928 g/mol. The highest BCUT2D eigenvalue weighted by atomic mass is 16.5. The Hall–Kier alpha value is -6.46. The number of nitrogens with two attached hydrogens (primary N) is 2. The van der Waals surface area contributed by atoms with Crippen LogP contribution in [0.3, 0.4) is 0 Å². The van der Waals surface area contributed by atoms with Gasteiger partial charge in [0.15, 0.2) is 12.2 Å². The molecule has 2 fully saturated rings. The summed E-state index contributed by atoms with van der Waals surface area (Å²) in [4.78, 5) is 138. The van der Waals surface area contributed by atoms with E-state index in [-0.39, 0.29) is 37.6 Å². The van der Waals surface area contributed by atoms with Gasteiger partial charge < -0.3 is 68.1 Å². The van der Waals surface area contributed by atoms with Crippen LogP contribution in [0.15, 0.2) is 42.1 Å². The number of nitrogens with zero attached hydrogens (tertiary/aromatic N) is 2. The summed E-state index contributed by atoms with van der Waals surface area (Å²) in [5.41, 5.74) is 11.0. The number of hydrogen-bond donors (Lipinski definition) is 10. The number of hydrogen-bond acceptors (Lipinski definition) is 13. The van der Waals surface area contributed by atoms with Crippen LogP contribution in [0, 0.1) is 11.8 Å². The van der Waals surface area contributed by atoms with Gasteiger partial charge in [-0.3, -0.25) is 47.9 Å². The fourth-order valence-electron chi connectivity index (χ4n) is 7.39. The standard InChI is InChI=1S/C43H64N10O13/c1-8-25-42(64)52(6)20-31(55)50-33(35(57)36(45)58)40(62)51-32(23(5)66-7)43(65)53-19-22(4)16-29(53)39(61)49-27(17-24-12-10-9-11-13-24)37(59)48-28(18-30(44)54)38(60)47-26(15-14-21(2)3)34(56)41(63)46-25/h8-13,21-23,26-29,32-35,56-57H,14-20H2,1-7H3,(H2,44,54)(H2,45,58)(H,46,63)(H,47,60)(H,48,59)(H,49,61)(H,50,55)(H,51,62)/b25-8+/t22-,23+,26?,27-,28-,29-,32-,33+,34?,35-/m0/s1. The van der Waals surface area contributed by atoms with Crippen LogP contribution in [-0.4, -0.2) is 161 Å². The van der Waals surface area contributed by atoms with Gasteiger partial charge in [-0.05, 0) is 50.5 Å². The van der Waals surface area contributed by atoms with E-state index in [0.29, 0.717) is 12.0 Å². The normalized spacial score (nSPS) is 27.6. The van der Waals surface area contributed by atoms with E-state index in [1.807, 2.05) is 13.8 Å². The van der Waals surface area contributed by atoms with E-state index in [0.717, 1.165) is 22.9 Å². The molecule has 0 spiro atoms. The number of methoxy groups -OCH3 is 1. The van der Waals surface area contributed by atoms with E-state index in [1.165, 1.54) is 21.0 Å². The lowest BCUT2D eigenvalue weighted by molar-refractivity contribution is -0.146. The molecule has 12 N–H and O–H groups in total.